The van der Waals surface area contributed by atoms with E-state index in [0.717, 1.165) is 47.4 Å². The van der Waals surface area contributed by atoms with Crippen molar-refractivity contribution in [2.75, 3.05) is 6.54 Å². The average molecular weight is 399 g/mol. The van der Waals surface area contributed by atoms with Crippen LogP contribution >= 0.6 is 0 Å². The summed E-state index contributed by atoms with van der Waals surface area (Å²) in [6.45, 7) is 20.0. The van der Waals surface area contributed by atoms with E-state index in [-0.39, 0.29) is 0 Å². The van der Waals surface area contributed by atoms with Crippen LogP contribution in [-0.4, -0.2) is 33.5 Å². The molecule has 4 nitrogen and oxygen atoms in total. The zero-order valence-electron chi connectivity index (χ0n) is 18.2. The molecule has 30 heavy (non-hydrogen) atoms. The van der Waals surface area contributed by atoms with E-state index in [1.807, 2.05) is 26.1 Å². The number of likely N-dealkylation sites (tertiary alicyclic amines) is 1. The largest absolute Gasteiger partial charge is 0.367 e. The van der Waals surface area contributed by atoms with Crippen molar-refractivity contribution in [3.05, 3.63) is 72.2 Å². The Morgan fingerprint density at radius 3 is 2.77 bits per heavy atom. The summed E-state index contributed by atoms with van der Waals surface area (Å²) in [4.78, 5) is 6.91. The number of aliphatic imine (C=N–C) groups is 1. The third kappa shape index (κ3) is 3.47. The Morgan fingerprint density at radius 1 is 1.30 bits per heavy atom. The van der Waals surface area contributed by atoms with Crippen LogP contribution in [0.4, 0.5) is 0 Å². The van der Waals surface area contributed by atoms with Crippen LogP contribution in [0.2, 0.25) is 0 Å². The van der Waals surface area contributed by atoms with Gasteiger partial charge in [-0.05, 0) is 61.6 Å². The van der Waals surface area contributed by atoms with E-state index in [9.17, 15) is 0 Å². The van der Waals surface area contributed by atoms with Crippen molar-refractivity contribution < 1.29 is 0 Å². The van der Waals surface area contributed by atoms with Crippen molar-refractivity contribution in [1.82, 2.24) is 14.7 Å². The van der Waals surface area contributed by atoms with Crippen molar-refractivity contribution in [2.45, 2.75) is 39.8 Å². The maximum atomic E-state index is 4.87. The molecule has 1 aromatic heterocycles. The second-order valence-corrected chi connectivity index (χ2v) is 8.38. The second-order valence-electron chi connectivity index (χ2n) is 8.38. The van der Waals surface area contributed by atoms with Crippen molar-refractivity contribution in [2.24, 2.45) is 10.9 Å². The summed E-state index contributed by atoms with van der Waals surface area (Å²) >= 11 is 0. The van der Waals surface area contributed by atoms with Gasteiger partial charge < -0.3 is 4.90 Å². The zero-order valence-corrected chi connectivity index (χ0v) is 18.2. The van der Waals surface area contributed by atoms with Crippen LogP contribution in [0.25, 0.3) is 28.6 Å². The van der Waals surface area contributed by atoms with E-state index in [0.29, 0.717) is 12.0 Å². The second kappa shape index (κ2) is 7.94. The van der Waals surface area contributed by atoms with Crippen molar-refractivity contribution in [3.8, 4) is 0 Å². The highest BCUT2D eigenvalue weighted by Gasteiger charge is 2.31. The van der Waals surface area contributed by atoms with Gasteiger partial charge in [-0.2, -0.15) is 5.10 Å². The normalized spacial score (nSPS) is 21.4. The standard InChI is InChI=1S/C26H30N4/c1-7-19(14-27-17(4)5)20-11-21-12-23(29-15-18(6)10-22(29)8-2)16-30-26(21)24(13-20)25(9-3)28-30/h7-9,11-14,18,22H,2-4,10,15-16H2,1,5-6H3/b19-7+,27-14?. The molecule has 2 aliphatic heterocycles. The Balaban J connectivity index is 1.86. The highest BCUT2D eigenvalue weighted by molar-refractivity contribution is 6.12. The smallest absolute Gasteiger partial charge is 0.0924 e. The fourth-order valence-electron chi connectivity index (χ4n) is 4.60. The minimum Gasteiger partial charge on any atom is -0.367 e. The molecule has 0 spiro atoms. The number of rotatable bonds is 6. The van der Waals surface area contributed by atoms with E-state index >= 15 is 0 Å². The van der Waals surface area contributed by atoms with Gasteiger partial charge in [0.25, 0.3) is 0 Å². The summed E-state index contributed by atoms with van der Waals surface area (Å²) < 4.78 is 2.13. The molecular formula is C26H30N4. The predicted molar refractivity (Wildman–Crippen MR) is 129 cm³/mol. The van der Waals surface area contributed by atoms with Gasteiger partial charge in [0.05, 0.1) is 17.8 Å². The van der Waals surface area contributed by atoms with E-state index in [1.165, 1.54) is 16.8 Å². The lowest BCUT2D eigenvalue weighted by Gasteiger charge is -2.30. The summed E-state index contributed by atoms with van der Waals surface area (Å²) in [6, 6.07) is 4.83. The molecule has 1 fully saturated rings. The number of aromatic nitrogens is 2. The number of hydrogen-bond acceptors (Lipinski definition) is 3. The number of allylic oxidation sites excluding steroid dienone is 4. The Morgan fingerprint density at radius 2 is 2.10 bits per heavy atom. The lowest BCUT2D eigenvalue weighted by molar-refractivity contribution is 0.339. The minimum atomic E-state index is 0.384. The van der Waals surface area contributed by atoms with Crippen LogP contribution in [0, 0.1) is 5.92 Å². The molecule has 2 atom stereocenters. The maximum Gasteiger partial charge on any atom is 0.0924 e. The first kappa shape index (κ1) is 20.1. The molecule has 2 unspecified atom stereocenters. The maximum absolute atomic E-state index is 4.87. The van der Waals surface area contributed by atoms with Gasteiger partial charge in [0.2, 0.25) is 0 Å². The highest BCUT2D eigenvalue weighted by Crippen LogP contribution is 2.36. The summed E-state index contributed by atoms with van der Waals surface area (Å²) in [6.07, 6.45) is 11.4. The van der Waals surface area contributed by atoms with Crippen LogP contribution in [-0.2, 0) is 6.54 Å². The fraction of sp³-hybridized carbons (Fsp3) is 0.308. The molecule has 0 aliphatic carbocycles. The molecule has 2 aromatic rings. The number of benzene rings is 1. The fourth-order valence-corrected chi connectivity index (χ4v) is 4.60. The molecule has 0 radical (unpaired) electrons. The van der Waals surface area contributed by atoms with E-state index in [1.54, 1.807) is 0 Å². The van der Waals surface area contributed by atoms with Gasteiger partial charge in [0.15, 0.2) is 0 Å². The van der Waals surface area contributed by atoms with Gasteiger partial charge in [-0.25, -0.2) is 0 Å². The van der Waals surface area contributed by atoms with Crippen LogP contribution < -0.4 is 0 Å². The molecular weight excluding hydrogens is 368 g/mol. The van der Waals surface area contributed by atoms with Gasteiger partial charge in [-0.15, -0.1) is 6.58 Å². The van der Waals surface area contributed by atoms with Gasteiger partial charge >= 0.3 is 0 Å². The first-order valence-corrected chi connectivity index (χ1v) is 10.6. The predicted octanol–water partition coefficient (Wildman–Crippen LogP) is 5.94. The van der Waals surface area contributed by atoms with Crippen molar-refractivity contribution in [1.29, 1.82) is 0 Å². The molecule has 4 rings (SSSR count). The summed E-state index contributed by atoms with van der Waals surface area (Å²) in [5.74, 6) is 0.663. The summed E-state index contributed by atoms with van der Waals surface area (Å²) in [5, 5.41) is 6.00. The van der Waals surface area contributed by atoms with E-state index < -0.39 is 0 Å². The Bertz CT molecular complexity index is 1130. The van der Waals surface area contributed by atoms with Crippen molar-refractivity contribution in [3.63, 3.8) is 0 Å². The molecule has 4 heteroatoms. The first-order chi connectivity index (χ1) is 14.4. The minimum absolute atomic E-state index is 0.384. The van der Waals surface area contributed by atoms with Crippen LogP contribution in [0.3, 0.4) is 0 Å². The lowest BCUT2D eigenvalue weighted by Crippen LogP contribution is -2.30. The average Bonchev–Trinajstić information content (AvgIpc) is 3.28. The van der Waals surface area contributed by atoms with Gasteiger partial charge in [0, 0.05) is 41.1 Å². The Kier molecular flexibility index (Phi) is 5.33. The summed E-state index contributed by atoms with van der Waals surface area (Å²) in [7, 11) is 0. The quantitative estimate of drug-likeness (QED) is 0.446. The van der Waals surface area contributed by atoms with Crippen LogP contribution in [0.5, 0.6) is 0 Å². The monoisotopic (exact) mass is 398 g/mol. The topological polar surface area (TPSA) is 33.4 Å². The molecule has 0 amide bonds. The molecule has 154 valence electrons. The molecule has 3 heterocycles. The lowest BCUT2D eigenvalue weighted by atomic mass is 9.97. The molecule has 1 aromatic carbocycles. The molecule has 0 N–H and O–H groups in total. The third-order valence-corrected chi connectivity index (χ3v) is 5.99. The molecule has 0 bridgehead atoms. The summed E-state index contributed by atoms with van der Waals surface area (Å²) in [5.41, 5.74) is 7.56. The number of hydrogen-bond donors (Lipinski definition) is 0. The Hall–Kier alpha value is -3.14. The van der Waals surface area contributed by atoms with Gasteiger partial charge in [0.1, 0.15) is 0 Å². The highest BCUT2D eigenvalue weighted by atomic mass is 15.3. The van der Waals surface area contributed by atoms with Gasteiger partial charge in [-0.3, -0.25) is 9.67 Å². The molecule has 0 saturated carbocycles. The van der Waals surface area contributed by atoms with Crippen LogP contribution in [0.1, 0.15) is 44.0 Å². The Labute approximate surface area is 179 Å². The van der Waals surface area contributed by atoms with Crippen LogP contribution in [0.15, 0.2) is 60.4 Å². The van der Waals surface area contributed by atoms with Crippen molar-refractivity contribution >= 4 is 34.8 Å². The molecule has 1 saturated heterocycles. The number of nitrogens with zero attached hydrogens (tertiary/aromatic N) is 4. The van der Waals surface area contributed by atoms with E-state index in [2.05, 4.69) is 71.6 Å². The molecule has 2 aliphatic rings. The SMILES string of the molecule is C=Cc1nn2c3c(cc(/C(C=NC(=C)C)=C/C)cc13)C=C(N1CC(C)CC1C=C)C2. The zero-order chi connectivity index (χ0) is 21.4. The van der Waals surface area contributed by atoms with E-state index in [4.69, 9.17) is 5.10 Å². The first-order valence-electron chi connectivity index (χ1n) is 10.6. The van der Waals surface area contributed by atoms with Gasteiger partial charge in [-0.1, -0.05) is 32.2 Å². The third-order valence-electron chi connectivity index (χ3n) is 5.99.